The molecule has 1 fully saturated rings. The maximum absolute atomic E-state index is 11.5. The lowest BCUT2D eigenvalue weighted by atomic mass is 10.1. The van der Waals surface area contributed by atoms with Gasteiger partial charge in [-0.25, -0.2) is 4.98 Å². The van der Waals surface area contributed by atoms with Gasteiger partial charge in [-0.3, -0.25) is 4.79 Å². The van der Waals surface area contributed by atoms with Crippen LogP contribution in [0.15, 0.2) is 36.5 Å². The highest BCUT2D eigenvalue weighted by Crippen LogP contribution is 2.27. The van der Waals surface area contributed by atoms with Crippen molar-refractivity contribution in [1.82, 2.24) is 19.4 Å². The Morgan fingerprint density at radius 3 is 2.39 bits per heavy atom. The molecule has 2 aromatic heterocycles. The molecule has 1 aliphatic heterocycles. The molecule has 0 radical (unpaired) electrons. The number of carbonyl (C=O) groups is 1. The third kappa shape index (κ3) is 4.36. The second kappa shape index (κ2) is 8.96. The molecule has 7 heteroatoms. The van der Waals surface area contributed by atoms with Crippen molar-refractivity contribution in [1.29, 1.82) is 0 Å². The van der Waals surface area contributed by atoms with Gasteiger partial charge in [0.2, 0.25) is 11.9 Å². The van der Waals surface area contributed by atoms with Gasteiger partial charge in [0.05, 0.1) is 0 Å². The van der Waals surface area contributed by atoms with Crippen molar-refractivity contribution < 1.29 is 4.79 Å². The summed E-state index contributed by atoms with van der Waals surface area (Å²) in [5, 5.41) is 4.43. The van der Waals surface area contributed by atoms with Gasteiger partial charge in [0.15, 0.2) is 0 Å². The molecule has 3 heterocycles. The molecule has 4 rings (SSSR count). The Bertz CT molecular complexity index is 1050. The van der Waals surface area contributed by atoms with Crippen LogP contribution < -0.4 is 10.2 Å². The number of aromatic nitrogens is 3. The van der Waals surface area contributed by atoms with E-state index in [-0.39, 0.29) is 5.91 Å². The van der Waals surface area contributed by atoms with Crippen LogP contribution >= 0.6 is 0 Å². The number of anilines is 3. The number of rotatable bonds is 6. The van der Waals surface area contributed by atoms with Crippen LogP contribution in [0.5, 0.6) is 0 Å². The summed E-state index contributed by atoms with van der Waals surface area (Å²) in [5.74, 6) is 0.766. The van der Waals surface area contributed by atoms with Crippen LogP contribution in [0.25, 0.3) is 11.0 Å². The predicted molar refractivity (Wildman–Crippen MR) is 126 cm³/mol. The first kappa shape index (κ1) is 21.2. The Morgan fingerprint density at radius 2 is 1.77 bits per heavy atom. The summed E-state index contributed by atoms with van der Waals surface area (Å²) in [6, 6.07) is 11.0. The number of amides is 1. The zero-order valence-corrected chi connectivity index (χ0v) is 18.9. The summed E-state index contributed by atoms with van der Waals surface area (Å²) >= 11 is 0. The van der Waals surface area contributed by atoms with E-state index in [0.29, 0.717) is 12.0 Å². The third-order valence-corrected chi connectivity index (χ3v) is 6.29. The van der Waals surface area contributed by atoms with Crippen molar-refractivity contribution in [2.75, 3.05) is 36.4 Å². The second-order valence-corrected chi connectivity index (χ2v) is 8.26. The molecule has 1 aliphatic rings. The smallest absolute Gasteiger partial charge is 0.229 e. The SMILES string of the molecule is CCC(CC)n1c(C)cc2cnc(Nc3ccc(N4CCN(C(C)=O)CC4)cc3)nc21. The Balaban J connectivity index is 1.49. The van der Waals surface area contributed by atoms with Crippen LogP contribution in [0.2, 0.25) is 0 Å². The van der Waals surface area contributed by atoms with E-state index < -0.39 is 0 Å². The first-order chi connectivity index (χ1) is 15.0. The highest BCUT2D eigenvalue weighted by Gasteiger charge is 2.19. The quantitative estimate of drug-likeness (QED) is 0.635. The number of piperazine rings is 1. The van der Waals surface area contributed by atoms with Gasteiger partial charge in [0, 0.05) is 67.8 Å². The first-order valence-corrected chi connectivity index (χ1v) is 11.2. The number of nitrogens with zero attached hydrogens (tertiary/aromatic N) is 5. The molecule has 0 atom stereocenters. The van der Waals surface area contributed by atoms with E-state index in [4.69, 9.17) is 4.98 Å². The van der Waals surface area contributed by atoms with E-state index >= 15 is 0 Å². The summed E-state index contributed by atoms with van der Waals surface area (Å²) in [7, 11) is 0. The van der Waals surface area contributed by atoms with E-state index in [1.54, 1.807) is 6.92 Å². The van der Waals surface area contributed by atoms with Gasteiger partial charge in [0.25, 0.3) is 0 Å². The lowest BCUT2D eigenvalue weighted by molar-refractivity contribution is -0.129. The molecular formula is C24H32N6O. The van der Waals surface area contributed by atoms with Crippen molar-refractivity contribution in [2.24, 2.45) is 0 Å². The van der Waals surface area contributed by atoms with Gasteiger partial charge in [-0.1, -0.05) is 13.8 Å². The largest absolute Gasteiger partial charge is 0.368 e. The number of benzene rings is 1. The normalized spacial score (nSPS) is 14.5. The minimum Gasteiger partial charge on any atom is -0.368 e. The summed E-state index contributed by atoms with van der Waals surface area (Å²) in [4.78, 5) is 25.1. The van der Waals surface area contributed by atoms with Gasteiger partial charge < -0.3 is 19.7 Å². The number of fused-ring (bicyclic) bond motifs is 1. The Hall–Kier alpha value is -3.09. The third-order valence-electron chi connectivity index (χ3n) is 6.29. The summed E-state index contributed by atoms with van der Waals surface area (Å²) < 4.78 is 2.34. The van der Waals surface area contributed by atoms with E-state index in [1.807, 2.05) is 11.1 Å². The molecule has 3 aromatic rings. The average molecular weight is 421 g/mol. The van der Waals surface area contributed by atoms with Crippen LogP contribution in [-0.2, 0) is 4.79 Å². The highest BCUT2D eigenvalue weighted by atomic mass is 16.2. The summed E-state index contributed by atoms with van der Waals surface area (Å²) in [6.07, 6.45) is 4.06. The number of carbonyl (C=O) groups excluding carboxylic acids is 1. The molecular weight excluding hydrogens is 388 g/mol. The fourth-order valence-electron chi connectivity index (χ4n) is 4.48. The van der Waals surface area contributed by atoms with E-state index in [9.17, 15) is 4.79 Å². The van der Waals surface area contributed by atoms with Crippen LogP contribution in [0.3, 0.4) is 0 Å². The molecule has 0 spiro atoms. The summed E-state index contributed by atoms with van der Waals surface area (Å²) in [6.45, 7) is 11.5. The maximum Gasteiger partial charge on any atom is 0.229 e. The monoisotopic (exact) mass is 420 g/mol. The van der Waals surface area contributed by atoms with Gasteiger partial charge in [0.1, 0.15) is 5.65 Å². The number of aryl methyl sites for hydroxylation is 1. The molecule has 31 heavy (non-hydrogen) atoms. The van der Waals surface area contributed by atoms with Gasteiger partial charge in [-0.15, -0.1) is 0 Å². The number of hydrogen-bond acceptors (Lipinski definition) is 5. The van der Waals surface area contributed by atoms with Crippen molar-refractivity contribution in [2.45, 2.75) is 46.6 Å². The van der Waals surface area contributed by atoms with Crippen molar-refractivity contribution >= 4 is 34.3 Å². The Labute approximate surface area is 184 Å². The molecule has 0 aliphatic carbocycles. The highest BCUT2D eigenvalue weighted by molar-refractivity contribution is 5.78. The molecule has 1 N–H and O–H groups in total. The maximum atomic E-state index is 11.5. The van der Waals surface area contributed by atoms with Gasteiger partial charge in [-0.2, -0.15) is 4.98 Å². The van der Waals surface area contributed by atoms with Gasteiger partial charge >= 0.3 is 0 Å². The number of nitrogens with one attached hydrogen (secondary N) is 1. The lowest BCUT2D eigenvalue weighted by Crippen LogP contribution is -2.48. The van der Waals surface area contributed by atoms with Crippen molar-refractivity contribution in [3.05, 3.63) is 42.2 Å². The molecule has 0 saturated carbocycles. The minimum atomic E-state index is 0.154. The Kier molecular flexibility index (Phi) is 6.11. The predicted octanol–water partition coefficient (Wildman–Crippen LogP) is 4.51. The standard InChI is InChI=1S/C24H32N6O/c1-5-21(6-2)30-17(3)15-19-16-25-24(27-23(19)30)26-20-7-9-22(10-8-20)29-13-11-28(12-14-29)18(4)31/h7-10,15-16,21H,5-6,11-14H2,1-4H3,(H,25,26,27). The van der Waals surface area contributed by atoms with Crippen LogP contribution in [0.4, 0.5) is 17.3 Å². The summed E-state index contributed by atoms with van der Waals surface area (Å²) in [5.41, 5.74) is 4.35. The fraction of sp³-hybridized carbons (Fsp3) is 0.458. The molecule has 1 saturated heterocycles. The molecule has 7 nitrogen and oxygen atoms in total. The molecule has 0 bridgehead atoms. The van der Waals surface area contributed by atoms with Crippen LogP contribution in [-0.4, -0.2) is 51.5 Å². The molecule has 1 aromatic carbocycles. The molecule has 164 valence electrons. The topological polar surface area (TPSA) is 66.3 Å². The average Bonchev–Trinajstić information content (AvgIpc) is 3.11. The zero-order chi connectivity index (χ0) is 22.0. The molecule has 1 amide bonds. The van der Waals surface area contributed by atoms with Crippen molar-refractivity contribution in [3.63, 3.8) is 0 Å². The lowest BCUT2D eigenvalue weighted by Gasteiger charge is -2.35. The van der Waals surface area contributed by atoms with Gasteiger partial charge in [-0.05, 0) is 50.1 Å². The van der Waals surface area contributed by atoms with E-state index in [1.165, 1.54) is 11.4 Å². The minimum absolute atomic E-state index is 0.154. The Morgan fingerprint density at radius 1 is 1.10 bits per heavy atom. The first-order valence-electron chi connectivity index (χ1n) is 11.2. The van der Waals surface area contributed by atoms with Crippen LogP contribution in [0.1, 0.15) is 45.3 Å². The molecule has 0 unspecified atom stereocenters. The number of hydrogen-bond donors (Lipinski definition) is 1. The van der Waals surface area contributed by atoms with E-state index in [2.05, 4.69) is 70.9 Å². The zero-order valence-electron chi connectivity index (χ0n) is 18.9. The van der Waals surface area contributed by atoms with Crippen LogP contribution in [0, 0.1) is 6.92 Å². The van der Waals surface area contributed by atoms with Crippen molar-refractivity contribution in [3.8, 4) is 0 Å². The second-order valence-electron chi connectivity index (χ2n) is 8.26. The fourth-order valence-corrected chi connectivity index (χ4v) is 4.48. The van der Waals surface area contributed by atoms with E-state index in [0.717, 1.165) is 55.7 Å².